The van der Waals surface area contributed by atoms with Crippen molar-refractivity contribution in [1.82, 2.24) is 20.0 Å². The van der Waals surface area contributed by atoms with Crippen molar-refractivity contribution in [3.8, 4) is 0 Å². The van der Waals surface area contributed by atoms with Crippen molar-refractivity contribution >= 4 is 11.8 Å². The van der Waals surface area contributed by atoms with Crippen molar-refractivity contribution in [3.63, 3.8) is 0 Å². The summed E-state index contributed by atoms with van der Waals surface area (Å²) in [7, 11) is 1.82. The van der Waals surface area contributed by atoms with E-state index in [4.69, 9.17) is 0 Å². The molecule has 6 nitrogen and oxygen atoms in total. The first-order valence-corrected chi connectivity index (χ1v) is 6.61. The Morgan fingerprint density at radius 1 is 1.22 bits per heavy atom. The van der Waals surface area contributed by atoms with Crippen LogP contribution >= 0.6 is 0 Å². The monoisotopic (exact) mass is 254 g/mol. The maximum Gasteiger partial charge on any atom is 0.236 e. The maximum atomic E-state index is 12.0. The Kier molecular flexibility index (Phi) is 4.54. The molecule has 0 atom stereocenters. The van der Waals surface area contributed by atoms with Gasteiger partial charge in [-0.05, 0) is 0 Å². The number of rotatable bonds is 3. The molecule has 0 aromatic rings. The number of piperazine rings is 2. The van der Waals surface area contributed by atoms with Crippen molar-refractivity contribution in [3.05, 3.63) is 0 Å². The van der Waals surface area contributed by atoms with Gasteiger partial charge in [0.15, 0.2) is 0 Å². The molecule has 18 heavy (non-hydrogen) atoms. The minimum Gasteiger partial charge on any atom is -0.343 e. The lowest BCUT2D eigenvalue weighted by Crippen LogP contribution is -2.50. The Morgan fingerprint density at radius 2 is 1.94 bits per heavy atom. The van der Waals surface area contributed by atoms with Gasteiger partial charge in [0.2, 0.25) is 11.8 Å². The van der Waals surface area contributed by atoms with Gasteiger partial charge >= 0.3 is 0 Å². The average Bonchev–Trinajstić information content (AvgIpc) is 2.41. The standard InChI is InChI=1S/C12H22N4O2/c1-14-8-9-15(10-12(14)18)5-2-11(17)16-6-3-13-4-7-16/h13H,2-10H2,1H3. The predicted octanol–water partition coefficient (Wildman–Crippen LogP) is -1.42. The second kappa shape index (κ2) is 6.15. The van der Waals surface area contributed by atoms with Crippen molar-refractivity contribution in [2.24, 2.45) is 0 Å². The molecular formula is C12H22N4O2. The molecule has 102 valence electrons. The van der Waals surface area contributed by atoms with Gasteiger partial charge in [-0.2, -0.15) is 0 Å². The first-order chi connectivity index (χ1) is 8.66. The van der Waals surface area contributed by atoms with Crippen LogP contribution in [0.4, 0.5) is 0 Å². The Hall–Kier alpha value is -1.14. The molecule has 2 saturated heterocycles. The normalized spacial score (nSPS) is 22.4. The van der Waals surface area contributed by atoms with Gasteiger partial charge in [-0.15, -0.1) is 0 Å². The first-order valence-electron chi connectivity index (χ1n) is 6.61. The van der Waals surface area contributed by atoms with Gasteiger partial charge in [0.05, 0.1) is 6.54 Å². The van der Waals surface area contributed by atoms with Gasteiger partial charge < -0.3 is 15.1 Å². The van der Waals surface area contributed by atoms with Crippen LogP contribution in [0.2, 0.25) is 0 Å². The third-order valence-corrected chi connectivity index (χ3v) is 3.65. The second-order valence-electron chi connectivity index (χ2n) is 4.97. The summed E-state index contributed by atoms with van der Waals surface area (Å²) < 4.78 is 0. The molecule has 2 rings (SSSR count). The zero-order valence-corrected chi connectivity index (χ0v) is 11.0. The van der Waals surface area contributed by atoms with Gasteiger partial charge in [0, 0.05) is 59.3 Å². The summed E-state index contributed by atoms with van der Waals surface area (Å²) in [5.41, 5.74) is 0. The quantitative estimate of drug-likeness (QED) is 0.672. The Bertz CT molecular complexity index is 315. The molecule has 0 radical (unpaired) electrons. The lowest BCUT2D eigenvalue weighted by atomic mass is 10.2. The van der Waals surface area contributed by atoms with E-state index in [0.29, 0.717) is 19.5 Å². The zero-order valence-electron chi connectivity index (χ0n) is 11.0. The van der Waals surface area contributed by atoms with Gasteiger partial charge in [0.25, 0.3) is 0 Å². The third-order valence-electron chi connectivity index (χ3n) is 3.65. The summed E-state index contributed by atoms with van der Waals surface area (Å²) in [4.78, 5) is 29.2. The molecule has 1 N–H and O–H groups in total. The summed E-state index contributed by atoms with van der Waals surface area (Å²) in [6.45, 7) is 6.17. The van der Waals surface area contributed by atoms with E-state index in [9.17, 15) is 9.59 Å². The van der Waals surface area contributed by atoms with Crippen LogP contribution in [0.3, 0.4) is 0 Å². The van der Waals surface area contributed by atoms with Crippen LogP contribution in [0, 0.1) is 0 Å². The molecule has 2 amide bonds. The Balaban J connectivity index is 1.71. The highest BCUT2D eigenvalue weighted by molar-refractivity contribution is 5.79. The molecule has 2 aliphatic heterocycles. The van der Waals surface area contributed by atoms with E-state index in [2.05, 4.69) is 10.2 Å². The van der Waals surface area contributed by atoms with Crippen LogP contribution in [0.1, 0.15) is 6.42 Å². The molecule has 0 bridgehead atoms. The molecule has 0 saturated carbocycles. The summed E-state index contributed by atoms with van der Waals surface area (Å²) in [5.74, 6) is 0.360. The van der Waals surface area contributed by atoms with E-state index in [1.807, 2.05) is 11.9 Å². The van der Waals surface area contributed by atoms with E-state index in [1.165, 1.54) is 0 Å². The average molecular weight is 254 g/mol. The van der Waals surface area contributed by atoms with Crippen LogP contribution in [-0.2, 0) is 9.59 Å². The molecule has 0 aliphatic carbocycles. The molecule has 2 fully saturated rings. The van der Waals surface area contributed by atoms with Crippen molar-refractivity contribution < 1.29 is 9.59 Å². The number of likely N-dealkylation sites (N-methyl/N-ethyl adjacent to an activating group) is 1. The molecule has 0 unspecified atom stereocenters. The molecule has 0 aromatic heterocycles. The van der Waals surface area contributed by atoms with Crippen LogP contribution in [-0.4, -0.2) is 85.9 Å². The van der Waals surface area contributed by atoms with Crippen LogP contribution in [0.5, 0.6) is 0 Å². The van der Waals surface area contributed by atoms with Crippen LogP contribution in [0.15, 0.2) is 0 Å². The summed E-state index contributed by atoms with van der Waals surface area (Å²) in [6.07, 6.45) is 0.525. The van der Waals surface area contributed by atoms with E-state index in [0.717, 1.165) is 39.3 Å². The fraction of sp³-hybridized carbons (Fsp3) is 0.833. The fourth-order valence-electron chi connectivity index (χ4n) is 2.32. The lowest BCUT2D eigenvalue weighted by molar-refractivity contribution is -0.136. The Morgan fingerprint density at radius 3 is 2.61 bits per heavy atom. The van der Waals surface area contributed by atoms with Gasteiger partial charge in [0.1, 0.15) is 0 Å². The SMILES string of the molecule is CN1CCN(CCC(=O)N2CCNCC2)CC1=O. The molecule has 0 spiro atoms. The minimum absolute atomic E-state index is 0.149. The van der Waals surface area contributed by atoms with Gasteiger partial charge in [-0.1, -0.05) is 0 Å². The molecule has 2 aliphatic rings. The minimum atomic E-state index is 0.149. The smallest absolute Gasteiger partial charge is 0.236 e. The number of hydrogen-bond acceptors (Lipinski definition) is 4. The van der Waals surface area contributed by atoms with Crippen LogP contribution < -0.4 is 5.32 Å². The topological polar surface area (TPSA) is 55.9 Å². The highest BCUT2D eigenvalue weighted by Crippen LogP contribution is 2.04. The number of nitrogens with one attached hydrogen (secondary N) is 1. The molecule has 6 heteroatoms. The van der Waals surface area contributed by atoms with E-state index in [1.54, 1.807) is 4.90 Å². The number of carbonyl (C=O) groups excluding carboxylic acids is 2. The predicted molar refractivity (Wildman–Crippen MR) is 68.1 cm³/mol. The Labute approximate surface area is 108 Å². The number of amides is 2. The van der Waals surface area contributed by atoms with E-state index < -0.39 is 0 Å². The number of carbonyl (C=O) groups is 2. The number of nitrogens with zero attached hydrogens (tertiary/aromatic N) is 3. The fourth-order valence-corrected chi connectivity index (χ4v) is 2.32. The third kappa shape index (κ3) is 3.43. The second-order valence-corrected chi connectivity index (χ2v) is 4.97. The molecule has 0 aromatic carbocycles. The highest BCUT2D eigenvalue weighted by Gasteiger charge is 2.22. The molecular weight excluding hydrogens is 232 g/mol. The van der Waals surface area contributed by atoms with Crippen molar-refractivity contribution in [2.75, 3.05) is 59.4 Å². The summed E-state index contributed by atoms with van der Waals surface area (Å²) in [5, 5.41) is 3.23. The molecule has 2 heterocycles. The van der Waals surface area contributed by atoms with Crippen molar-refractivity contribution in [2.45, 2.75) is 6.42 Å². The largest absolute Gasteiger partial charge is 0.343 e. The van der Waals surface area contributed by atoms with Gasteiger partial charge in [-0.25, -0.2) is 0 Å². The van der Waals surface area contributed by atoms with Crippen LogP contribution in [0.25, 0.3) is 0 Å². The maximum absolute atomic E-state index is 12.0. The highest BCUT2D eigenvalue weighted by atomic mass is 16.2. The zero-order chi connectivity index (χ0) is 13.0. The van der Waals surface area contributed by atoms with Gasteiger partial charge in [-0.3, -0.25) is 14.5 Å². The number of hydrogen-bond donors (Lipinski definition) is 1. The lowest BCUT2D eigenvalue weighted by Gasteiger charge is -2.33. The van der Waals surface area contributed by atoms with E-state index >= 15 is 0 Å². The van der Waals surface area contributed by atoms with E-state index in [-0.39, 0.29) is 11.8 Å². The first kappa shape index (κ1) is 13.3. The summed E-state index contributed by atoms with van der Waals surface area (Å²) >= 11 is 0. The summed E-state index contributed by atoms with van der Waals surface area (Å²) in [6, 6.07) is 0. The van der Waals surface area contributed by atoms with Crippen molar-refractivity contribution in [1.29, 1.82) is 0 Å².